The van der Waals surface area contributed by atoms with Crippen molar-refractivity contribution in [2.75, 3.05) is 33.4 Å². The van der Waals surface area contributed by atoms with Gasteiger partial charge in [-0.25, -0.2) is 4.39 Å². The van der Waals surface area contributed by atoms with Gasteiger partial charge < -0.3 is 9.64 Å². The molecule has 0 aromatic carbocycles. The summed E-state index contributed by atoms with van der Waals surface area (Å²) < 4.78 is 17.3. The summed E-state index contributed by atoms with van der Waals surface area (Å²) in [6.45, 7) is 2.39. The lowest BCUT2D eigenvalue weighted by molar-refractivity contribution is 0.0895. The largest absolute Gasteiger partial charge is 0.381 e. The molecule has 0 aromatic rings. The van der Waals surface area contributed by atoms with Crippen molar-refractivity contribution in [1.82, 2.24) is 4.90 Å². The van der Waals surface area contributed by atoms with Crippen molar-refractivity contribution in [2.24, 2.45) is 0 Å². The maximum atomic E-state index is 12.0. The van der Waals surface area contributed by atoms with Crippen LogP contribution in [0.1, 0.15) is 19.3 Å². The summed E-state index contributed by atoms with van der Waals surface area (Å²) in [6.07, 6.45) is 3.71. The van der Waals surface area contributed by atoms with Crippen molar-refractivity contribution >= 4 is 0 Å². The molecular weight excluding hydrogens is 157 g/mol. The molecule has 1 fully saturated rings. The molecule has 0 radical (unpaired) electrons. The highest BCUT2D eigenvalue weighted by atomic mass is 19.1. The molecule has 2 nitrogen and oxygen atoms in total. The fourth-order valence-corrected chi connectivity index (χ4v) is 1.70. The van der Waals surface area contributed by atoms with Crippen molar-refractivity contribution < 1.29 is 9.13 Å². The molecule has 0 amide bonds. The van der Waals surface area contributed by atoms with E-state index in [1.165, 1.54) is 0 Å². The number of hydrogen-bond acceptors (Lipinski definition) is 2. The van der Waals surface area contributed by atoms with Crippen molar-refractivity contribution in [1.29, 1.82) is 0 Å². The van der Waals surface area contributed by atoms with Crippen LogP contribution in [0.2, 0.25) is 0 Å². The molecule has 0 bridgehead atoms. The third kappa shape index (κ3) is 3.07. The van der Waals surface area contributed by atoms with Crippen LogP contribution < -0.4 is 0 Å². The molecule has 1 heterocycles. The summed E-state index contributed by atoms with van der Waals surface area (Å²) in [7, 11) is 1.76. The summed E-state index contributed by atoms with van der Waals surface area (Å²) >= 11 is 0. The standard InChI is InChI=1S/C9H18FNO/c1-12-9-3-2-6-11(7-4-9)8-5-10/h9H,2-8H2,1H3. The van der Waals surface area contributed by atoms with E-state index < -0.39 is 0 Å². The second-order valence-electron chi connectivity index (χ2n) is 3.32. The molecule has 0 saturated carbocycles. The van der Waals surface area contributed by atoms with Gasteiger partial charge in [-0.3, -0.25) is 0 Å². The average molecular weight is 175 g/mol. The molecule has 1 atom stereocenters. The van der Waals surface area contributed by atoms with Gasteiger partial charge in [-0.1, -0.05) is 0 Å². The van der Waals surface area contributed by atoms with Crippen LogP contribution in [-0.4, -0.2) is 44.4 Å². The topological polar surface area (TPSA) is 12.5 Å². The summed E-state index contributed by atoms with van der Waals surface area (Å²) in [5, 5.41) is 0. The van der Waals surface area contributed by atoms with Crippen LogP contribution >= 0.6 is 0 Å². The first-order valence-electron chi connectivity index (χ1n) is 4.68. The first-order chi connectivity index (χ1) is 5.86. The molecule has 1 aliphatic heterocycles. The zero-order valence-electron chi connectivity index (χ0n) is 7.76. The number of alkyl halides is 1. The van der Waals surface area contributed by atoms with Crippen LogP contribution in [0.4, 0.5) is 4.39 Å². The Morgan fingerprint density at radius 2 is 2.25 bits per heavy atom. The summed E-state index contributed by atoms with van der Waals surface area (Å²) in [5.41, 5.74) is 0. The number of methoxy groups -OCH3 is 1. The van der Waals surface area contributed by atoms with Gasteiger partial charge in [-0.05, 0) is 25.8 Å². The van der Waals surface area contributed by atoms with Crippen molar-refractivity contribution in [2.45, 2.75) is 25.4 Å². The molecular formula is C9H18FNO. The predicted molar refractivity (Wildman–Crippen MR) is 47.1 cm³/mol. The maximum Gasteiger partial charge on any atom is 0.102 e. The first kappa shape index (κ1) is 9.93. The zero-order chi connectivity index (χ0) is 8.81. The Morgan fingerprint density at radius 3 is 2.92 bits per heavy atom. The molecule has 0 spiro atoms. The lowest BCUT2D eigenvalue weighted by Gasteiger charge is -2.17. The lowest BCUT2D eigenvalue weighted by atomic mass is 10.2. The van der Waals surface area contributed by atoms with E-state index in [2.05, 4.69) is 4.90 Å². The molecule has 1 saturated heterocycles. The van der Waals surface area contributed by atoms with E-state index in [1.807, 2.05) is 0 Å². The van der Waals surface area contributed by atoms with Crippen molar-refractivity contribution in [3.05, 3.63) is 0 Å². The Morgan fingerprint density at radius 1 is 1.42 bits per heavy atom. The van der Waals surface area contributed by atoms with Crippen LogP contribution in [0.15, 0.2) is 0 Å². The van der Waals surface area contributed by atoms with Gasteiger partial charge in [0.05, 0.1) is 6.10 Å². The number of ether oxygens (including phenoxy) is 1. The molecule has 12 heavy (non-hydrogen) atoms. The highest BCUT2D eigenvalue weighted by Gasteiger charge is 2.15. The Hall–Kier alpha value is -0.150. The van der Waals surface area contributed by atoms with Gasteiger partial charge in [-0.2, -0.15) is 0 Å². The first-order valence-corrected chi connectivity index (χ1v) is 4.68. The second-order valence-corrected chi connectivity index (χ2v) is 3.32. The number of likely N-dealkylation sites (tertiary alicyclic amines) is 1. The second kappa shape index (κ2) is 5.49. The van der Waals surface area contributed by atoms with Gasteiger partial charge in [0.1, 0.15) is 6.67 Å². The third-order valence-electron chi connectivity index (χ3n) is 2.50. The summed E-state index contributed by atoms with van der Waals surface area (Å²) in [5.74, 6) is 0. The lowest BCUT2D eigenvalue weighted by Crippen LogP contribution is -2.27. The van der Waals surface area contributed by atoms with Gasteiger partial charge in [0.15, 0.2) is 0 Å². The third-order valence-corrected chi connectivity index (χ3v) is 2.50. The molecule has 1 aliphatic rings. The summed E-state index contributed by atoms with van der Waals surface area (Å²) in [4.78, 5) is 2.18. The van der Waals surface area contributed by atoms with Crippen molar-refractivity contribution in [3.63, 3.8) is 0 Å². The van der Waals surface area contributed by atoms with E-state index in [4.69, 9.17) is 4.74 Å². The fraction of sp³-hybridized carbons (Fsp3) is 1.00. The number of rotatable bonds is 3. The highest BCUT2D eigenvalue weighted by molar-refractivity contribution is 4.69. The van der Waals surface area contributed by atoms with Crippen LogP contribution in [0.5, 0.6) is 0 Å². The van der Waals surface area contributed by atoms with Crippen LogP contribution in [-0.2, 0) is 4.74 Å². The minimum Gasteiger partial charge on any atom is -0.381 e. The van der Waals surface area contributed by atoms with Gasteiger partial charge in [0.25, 0.3) is 0 Å². The monoisotopic (exact) mass is 175 g/mol. The average Bonchev–Trinajstić information content (AvgIpc) is 2.31. The Labute approximate surface area is 73.7 Å². The zero-order valence-corrected chi connectivity index (χ0v) is 7.76. The van der Waals surface area contributed by atoms with E-state index in [0.29, 0.717) is 12.6 Å². The number of nitrogens with zero attached hydrogens (tertiary/aromatic N) is 1. The fourth-order valence-electron chi connectivity index (χ4n) is 1.70. The maximum absolute atomic E-state index is 12.0. The van der Waals surface area contributed by atoms with E-state index in [-0.39, 0.29) is 6.67 Å². The molecule has 72 valence electrons. The molecule has 0 aliphatic carbocycles. The molecule has 3 heteroatoms. The predicted octanol–water partition coefficient (Wildman–Crippen LogP) is 1.46. The summed E-state index contributed by atoms with van der Waals surface area (Å²) in [6, 6.07) is 0. The van der Waals surface area contributed by atoms with Gasteiger partial charge in [0, 0.05) is 20.2 Å². The van der Waals surface area contributed by atoms with Crippen molar-refractivity contribution in [3.8, 4) is 0 Å². The highest BCUT2D eigenvalue weighted by Crippen LogP contribution is 2.12. The van der Waals surface area contributed by atoms with E-state index in [9.17, 15) is 4.39 Å². The van der Waals surface area contributed by atoms with Crippen LogP contribution in [0.25, 0.3) is 0 Å². The smallest absolute Gasteiger partial charge is 0.102 e. The Bertz CT molecular complexity index is 121. The molecule has 0 aromatic heterocycles. The molecule has 1 rings (SSSR count). The SMILES string of the molecule is COC1CCCN(CCF)CC1. The Balaban J connectivity index is 2.24. The molecule has 0 N–H and O–H groups in total. The van der Waals surface area contributed by atoms with Gasteiger partial charge in [0.2, 0.25) is 0 Å². The quantitative estimate of drug-likeness (QED) is 0.644. The number of halogens is 1. The van der Waals surface area contributed by atoms with E-state index in [1.54, 1.807) is 7.11 Å². The number of hydrogen-bond donors (Lipinski definition) is 0. The van der Waals surface area contributed by atoms with Gasteiger partial charge in [-0.15, -0.1) is 0 Å². The van der Waals surface area contributed by atoms with E-state index >= 15 is 0 Å². The van der Waals surface area contributed by atoms with Crippen LogP contribution in [0.3, 0.4) is 0 Å². The minimum atomic E-state index is -0.225. The minimum absolute atomic E-state index is 0.225. The Kier molecular flexibility index (Phi) is 4.54. The van der Waals surface area contributed by atoms with Gasteiger partial charge >= 0.3 is 0 Å². The normalized spacial score (nSPS) is 27.0. The molecule has 1 unspecified atom stereocenters. The van der Waals surface area contributed by atoms with Crippen LogP contribution in [0, 0.1) is 0 Å². The van der Waals surface area contributed by atoms with E-state index in [0.717, 1.165) is 32.4 Å².